The molecule has 0 aromatic heterocycles. The molecule has 9 heteroatoms. The van der Waals surface area contributed by atoms with Gasteiger partial charge in [-0.1, -0.05) is 17.7 Å². The maximum Gasteiger partial charge on any atom is 0.243 e. The molecule has 1 atom stereocenters. The molecule has 1 amide bonds. The van der Waals surface area contributed by atoms with E-state index in [1.165, 1.54) is 4.31 Å². The third-order valence-corrected chi connectivity index (χ3v) is 8.31. The first-order valence-corrected chi connectivity index (χ1v) is 12.6. The van der Waals surface area contributed by atoms with Crippen molar-refractivity contribution in [3.05, 3.63) is 53.6 Å². The average molecular weight is 478 g/mol. The number of carbonyl (C=O) groups is 1. The highest BCUT2D eigenvalue weighted by atomic mass is 35.5. The van der Waals surface area contributed by atoms with Crippen molar-refractivity contribution in [2.45, 2.75) is 17.7 Å². The SMILES string of the molecule is COc1ccc(S(=O)(=O)N2CCCC(C(=O)N3CCN(c4cccc(Cl)c4)CC3)C2)cc1. The lowest BCUT2D eigenvalue weighted by molar-refractivity contribution is -0.137. The van der Waals surface area contributed by atoms with Gasteiger partial charge >= 0.3 is 0 Å². The lowest BCUT2D eigenvalue weighted by atomic mass is 9.97. The predicted molar refractivity (Wildman–Crippen MR) is 125 cm³/mol. The monoisotopic (exact) mass is 477 g/mol. The molecule has 1 unspecified atom stereocenters. The summed E-state index contributed by atoms with van der Waals surface area (Å²) in [5, 5.41) is 0.696. The van der Waals surface area contributed by atoms with Gasteiger partial charge in [0.05, 0.1) is 17.9 Å². The maximum absolute atomic E-state index is 13.2. The fourth-order valence-electron chi connectivity index (χ4n) is 4.38. The van der Waals surface area contributed by atoms with Gasteiger partial charge in [0.1, 0.15) is 5.75 Å². The van der Waals surface area contributed by atoms with Crippen molar-refractivity contribution in [1.82, 2.24) is 9.21 Å². The second-order valence-corrected chi connectivity index (χ2v) is 10.5. The summed E-state index contributed by atoms with van der Waals surface area (Å²) in [6.07, 6.45) is 1.39. The number of hydrogen-bond donors (Lipinski definition) is 0. The van der Waals surface area contributed by atoms with Crippen molar-refractivity contribution in [3.63, 3.8) is 0 Å². The number of piperazine rings is 1. The fraction of sp³-hybridized carbons (Fsp3) is 0.435. The van der Waals surface area contributed by atoms with Crippen molar-refractivity contribution >= 4 is 33.2 Å². The molecule has 2 saturated heterocycles. The number of ether oxygens (including phenoxy) is 1. The highest BCUT2D eigenvalue weighted by Gasteiger charge is 2.35. The van der Waals surface area contributed by atoms with Crippen molar-refractivity contribution in [3.8, 4) is 5.75 Å². The van der Waals surface area contributed by atoms with Gasteiger partial charge in [0.15, 0.2) is 0 Å². The van der Waals surface area contributed by atoms with Gasteiger partial charge < -0.3 is 14.5 Å². The highest BCUT2D eigenvalue weighted by molar-refractivity contribution is 7.89. The Kier molecular flexibility index (Phi) is 6.93. The molecule has 172 valence electrons. The Labute approximate surface area is 194 Å². The van der Waals surface area contributed by atoms with E-state index in [1.807, 2.05) is 29.2 Å². The van der Waals surface area contributed by atoms with Gasteiger partial charge in [0.25, 0.3) is 0 Å². The molecule has 0 radical (unpaired) electrons. The molecule has 0 aliphatic carbocycles. The van der Waals surface area contributed by atoms with Gasteiger partial charge in [-0.05, 0) is 55.3 Å². The van der Waals surface area contributed by atoms with Crippen LogP contribution in [-0.4, -0.2) is 69.9 Å². The lowest BCUT2D eigenvalue weighted by Gasteiger charge is -2.39. The first kappa shape index (κ1) is 22.9. The van der Waals surface area contributed by atoms with Crippen LogP contribution in [-0.2, 0) is 14.8 Å². The van der Waals surface area contributed by atoms with E-state index in [9.17, 15) is 13.2 Å². The van der Waals surface area contributed by atoms with Gasteiger partial charge in [0.2, 0.25) is 15.9 Å². The number of sulfonamides is 1. The van der Waals surface area contributed by atoms with Crippen LogP contribution >= 0.6 is 11.6 Å². The van der Waals surface area contributed by atoms with Crippen molar-refractivity contribution in [1.29, 1.82) is 0 Å². The van der Waals surface area contributed by atoms with E-state index in [0.29, 0.717) is 43.2 Å². The van der Waals surface area contributed by atoms with Crippen LogP contribution in [0.25, 0.3) is 0 Å². The first-order chi connectivity index (χ1) is 15.4. The fourth-order valence-corrected chi connectivity index (χ4v) is 6.08. The number of methoxy groups -OCH3 is 1. The molecule has 4 rings (SSSR count). The maximum atomic E-state index is 13.2. The molecule has 0 N–H and O–H groups in total. The van der Waals surface area contributed by atoms with Gasteiger partial charge in [-0.2, -0.15) is 4.31 Å². The van der Waals surface area contributed by atoms with Crippen LogP contribution < -0.4 is 9.64 Å². The number of rotatable bonds is 5. The van der Waals surface area contributed by atoms with Crippen molar-refractivity contribution in [2.24, 2.45) is 5.92 Å². The van der Waals surface area contributed by atoms with E-state index in [-0.39, 0.29) is 23.3 Å². The van der Waals surface area contributed by atoms with E-state index in [2.05, 4.69) is 4.90 Å². The number of hydrogen-bond acceptors (Lipinski definition) is 5. The molecule has 2 heterocycles. The highest BCUT2D eigenvalue weighted by Crippen LogP contribution is 2.27. The van der Waals surface area contributed by atoms with Gasteiger partial charge in [-0.3, -0.25) is 4.79 Å². The van der Waals surface area contributed by atoms with E-state index in [4.69, 9.17) is 16.3 Å². The Balaban J connectivity index is 1.38. The van der Waals surface area contributed by atoms with E-state index >= 15 is 0 Å². The summed E-state index contributed by atoms with van der Waals surface area (Å²) in [7, 11) is -2.11. The Bertz CT molecular complexity index is 1050. The second kappa shape index (κ2) is 9.68. The quantitative estimate of drug-likeness (QED) is 0.661. The Hall–Kier alpha value is -2.29. The second-order valence-electron chi connectivity index (χ2n) is 8.17. The van der Waals surface area contributed by atoms with Crippen LogP contribution in [0.3, 0.4) is 0 Å². The number of benzene rings is 2. The number of carbonyl (C=O) groups excluding carboxylic acids is 1. The van der Waals surface area contributed by atoms with Crippen LogP contribution in [0.1, 0.15) is 12.8 Å². The zero-order valence-electron chi connectivity index (χ0n) is 18.1. The minimum Gasteiger partial charge on any atom is -0.497 e. The minimum atomic E-state index is -3.65. The molecule has 2 aliphatic rings. The van der Waals surface area contributed by atoms with Crippen LogP contribution in [0, 0.1) is 5.92 Å². The van der Waals surface area contributed by atoms with Crippen molar-refractivity contribution in [2.75, 3.05) is 51.3 Å². The first-order valence-electron chi connectivity index (χ1n) is 10.8. The average Bonchev–Trinajstić information content (AvgIpc) is 2.84. The van der Waals surface area contributed by atoms with E-state index < -0.39 is 10.0 Å². The summed E-state index contributed by atoms with van der Waals surface area (Å²) in [4.78, 5) is 17.5. The number of nitrogens with zero attached hydrogens (tertiary/aromatic N) is 3. The normalized spacial score (nSPS) is 20.2. The number of piperidine rings is 1. The number of halogens is 1. The number of amides is 1. The standard InChI is InChI=1S/C23H28ClN3O4S/c1-31-21-7-9-22(10-8-21)32(29,30)27-11-3-4-18(17-27)23(28)26-14-12-25(13-15-26)20-6-2-5-19(24)16-20/h2,5-10,16,18H,3-4,11-15,17H2,1H3. The van der Waals surface area contributed by atoms with Gasteiger partial charge in [-0.25, -0.2) is 8.42 Å². The third-order valence-electron chi connectivity index (χ3n) is 6.20. The van der Waals surface area contributed by atoms with Gasteiger partial charge in [0, 0.05) is 50.0 Å². The van der Waals surface area contributed by atoms with E-state index in [1.54, 1.807) is 31.4 Å². The molecular formula is C23H28ClN3O4S. The Morgan fingerprint density at radius 1 is 1.03 bits per heavy atom. The van der Waals surface area contributed by atoms with Crippen LogP contribution in [0.5, 0.6) is 5.75 Å². The summed E-state index contributed by atoms with van der Waals surface area (Å²) in [6, 6.07) is 14.1. The molecule has 2 aliphatic heterocycles. The molecule has 0 spiro atoms. The molecule has 32 heavy (non-hydrogen) atoms. The zero-order chi connectivity index (χ0) is 22.7. The van der Waals surface area contributed by atoms with Crippen LogP contribution in [0.4, 0.5) is 5.69 Å². The summed E-state index contributed by atoms with van der Waals surface area (Å²) >= 11 is 6.10. The zero-order valence-corrected chi connectivity index (χ0v) is 19.7. The van der Waals surface area contributed by atoms with Gasteiger partial charge in [-0.15, -0.1) is 0 Å². The molecule has 0 saturated carbocycles. The molecule has 2 fully saturated rings. The molecule has 2 aromatic carbocycles. The van der Waals surface area contributed by atoms with Crippen LogP contribution in [0.15, 0.2) is 53.4 Å². The summed E-state index contributed by atoms with van der Waals surface area (Å²) in [6.45, 7) is 3.35. The smallest absolute Gasteiger partial charge is 0.243 e. The lowest BCUT2D eigenvalue weighted by Crippen LogP contribution is -2.53. The molecule has 0 bridgehead atoms. The summed E-state index contributed by atoms with van der Waals surface area (Å²) in [5.41, 5.74) is 1.05. The Morgan fingerprint density at radius 3 is 2.41 bits per heavy atom. The summed E-state index contributed by atoms with van der Waals surface area (Å²) in [5.74, 6) is 0.340. The number of anilines is 1. The minimum absolute atomic E-state index is 0.0466. The van der Waals surface area contributed by atoms with E-state index in [0.717, 1.165) is 18.8 Å². The largest absolute Gasteiger partial charge is 0.497 e. The molecular weight excluding hydrogens is 450 g/mol. The molecule has 7 nitrogen and oxygen atoms in total. The predicted octanol–water partition coefficient (Wildman–Crippen LogP) is 3.10. The molecule has 2 aromatic rings. The van der Waals surface area contributed by atoms with Crippen LogP contribution in [0.2, 0.25) is 5.02 Å². The summed E-state index contributed by atoms with van der Waals surface area (Å²) < 4.78 is 32.8. The Morgan fingerprint density at radius 2 is 1.75 bits per heavy atom. The third kappa shape index (κ3) is 4.87. The van der Waals surface area contributed by atoms with Crippen molar-refractivity contribution < 1.29 is 17.9 Å². The topological polar surface area (TPSA) is 70.2 Å².